The Morgan fingerprint density at radius 2 is 2.48 bits per heavy atom. The number of anilines is 1. The summed E-state index contributed by atoms with van der Waals surface area (Å²) in [5, 5.41) is 2.86. The standard InChI is InChI=1S/C16H22N4O3/c1-22-11(9-17)8-15(21)18-10-4-5-12-13(7-10)20-16(19-12)14-3-2-6-23-14/h4-5,7,11,14H,2-3,6,8-9,17H2,1H3,(H,18,21)(H,19,20). The third-order valence-corrected chi connectivity index (χ3v) is 4.03. The largest absolute Gasteiger partial charge is 0.380 e. The SMILES string of the molecule is COC(CN)CC(=O)Nc1ccc2nc(C3CCCO3)[nH]c2c1. The molecule has 7 heteroatoms. The molecule has 1 aliphatic heterocycles. The first-order chi connectivity index (χ1) is 11.2. The number of fused-ring (bicyclic) bond motifs is 1. The Hall–Kier alpha value is -1.96. The number of amides is 1. The Kier molecular flexibility index (Phi) is 4.90. The van der Waals surface area contributed by atoms with Gasteiger partial charge < -0.3 is 25.5 Å². The molecule has 0 saturated carbocycles. The van der Waals surface area contributed by atoms with E-state index in [0.717, 1.165) is 42.0 Å². The van der Waals surface area contributed by atoms with Gasteiger partial charge in [-0.3, -0.25) is 4.79 Å². The molecule has 1 amide bonds. The number of carbonyl (C=O) groups is 1. The molecule has 2 atom stereocenters. The summed E-state index contributed by atoms with van der Waals surface area (Å²) in [5.74, 6) is 0.726. The normalized spacial score (nSPS) is 19.1. The third kappa shape index (κ3) is 3.69. The third-order valence-electron chi connectivity index (χ3n) is 4.03. The minimum atomic E-state index is -0.267. The minimum absolute atomic E-state index is 0.0486. The van der Waals surface area contributed by atoms with Crippen molar-refractivity contribution < 1.29 is 14.3 Å². The molecule has 1 saturated heterocycles. The van der Waals surface area contributed by atoms with Crippen molar-refractivity contribution in [2.75, 3.05) is 25.6 Å². The average Bonchev–Trinajstić information content (AvgIpc) is 3.20. The number of aromatic nitrogens is 2. The van der Waals surface area contributed by atoms with Gasteiger partial charge in [-0.05, 0) is 31.0 Å². The van der Waals surface area contributed by atoms with Crippen molar-refractivity contribution in [2.24, 2.45) is 5.73 Å². The first-order valence-corrected chi connectivity index (χ1v) is 7.83. The van der Waals surface area contributed by atoms with Gasteiger partial charge in [0.15, 0.2) is 0 Å². The Bertz CT molecular complexity index is 675. The van der Waals surface area contributed by atoms with Crippen LogP contribution in [0.3, 0.4) is 0 Å². The molecule has 4 N–H and O–H groups in total. The Morgan fingerprint density at radius 1 is 1.61 bits per heavy atom. The lowest BCUT2D eigenvalue weighted by Gasteiger charge is -2.12. The fourth-order valence-electron chi connectivity index (χ4n) is 2.73. The van der Waals surface area contributed by atoms with Crippen LogP contribution in [0, 0.1) is 0 Å². The highest BCUT2D eigenvalue weighted by Gasteiger charge is 2.21. The maximum absolute atomic E-state index is 12.0. The Labute approximate surface area is 134 Å². The Morgan fingerprint density at radius 3 is 3.17 bits per heavy atom. The molecule has 1 aromatic heterocycles. The number of nitrogens with two attached hydrogens (primary N) is 1. The van der Waals surface area contributed by atoms with E-state index in [0.29, 0.717) is 6.54 Å². The van der Waals surface area contributed by atoms with Crippen molar-refractivity contribution in [3.05, 3.63) is 24.0 Å². The molecule has 1 fully saturated rings. The molecule has 1 aromatic carbocycles. The number of hydrogen-bond donors (Lipinski definition) is 3. The monoisotopic (exact) mass is 318 g/mol. The summed E-state index contributed by atoms with van der Waals surface area (Å²) < 4.78 is 10.8. The molecule has 2 unspecified atom stereocenters. The van der Waals surface area contributed by atoms with Gasteiger partial charge in [0.1, 0.15) is 11.9 Å². The van der Waals surface area contributed by atoms with Gasteiger partial charge in [0, 0.05) is 25.9 Å². The van der Waals surface area contributed by atoms with Crippen molar-refractivity contribution in [3.63, 3.8) is 0 Å². The number of ether oxygens (including phenoxy) is 2. The van der Waals surface area contributed by atoms with Crippen LogP contribution in [-0.4, -0.2) is 42.2 Å². The van der Waals surface area contributed by atoms with Crippen LogP contribution < -0.4 is 11.1 Å². The van der Waals surface area contributed by atoms with Crippen molar-refractivity contribution in [2.45, 2.75) is 31.5 Å². The lowest BCUT2D eigenvalue weighted by molar-refractivity contribution is -0.118. The molecule has 0 aliphatic carbocycles. The van der Waals surface area contributed by atoms with Crippen molar-refractivity contribution in [1.82, 2.24) is 9.97 Å². The van der Waals surface area contributed by atoms with E-state index >= 15 is 0 Å². The number of aromatic amines is 1. The first kappa shape index (κ1) is 15.9. The van der Waals surface area contributed by atoms with Gasteiger partial charge in [-0.1, -0.05) is 0 Å². The van der Waals surface area contributed by atoms with E-state index < -0.39 is 0 Å². The lowest BCUT2D eigenvalue weighted by atomic mass is 10.2. The molecular weight excluding hydrogens is 296 g/mol. The van der Waals surface area contributed by atoms with Crippen LogP contribution >= 0.6 is 0 Å². The van der Waals surface area contributed by atoms with Gasteiger partial charge in [0.25, 0.3) is 0 Å². The van der Waals surface area contributed by atoms with Crippen molar-refractivity contribution >= 4 is 22.6 Å². The topological polar surface area (TPSA) is 102 Å². The first-order valence-electron chi connectivity index (χ1n) is 7.83. The van der Waals surface area contributed by atoms with Crippen LogP contribution in [0.1, 0.15) is 31.2 Å². The molecular formula is C16H22N4O3. The van der Waals surface area contributed by atoms with Gasteiger partial charge in [-0.25, -0.2) is 4.98 Å². The van der Waals surface area contributed by atoms with Crippen LogP contribution in [0.5, 0.6) is 0 Å². The van der Waals surface area contributed by atoms with Crippen LogP contribution in [0.25, 0.3) is 11.0 Å². The van der Waals surface area contributed by atoms with E-state index in [4.69, 9.17) is 15.2 Å². The summed E-state index contributed by atoms with van der Waals surface area (Å²) >= 11 is 0. The summed E-state index contributed by atoms with van der Waals surface area (Å²) in [7, 11) is 1.55. The molecule has 23 heavy (non-hydrogen) atoms. The molecule has 1 aliphatic rings. The maximum Gasteiger partial charge on any atom is 0.227 e. The number of benzene rings is 1. The fraction of sp³-hybridized carbons (Fsp3) is 0.500. The quantitative estimate of drug-likeness (QED) is 0.752. The molecule has 0 radical (unpaired) electrons. The Balaban J connectivity index is 1.70. The van der Waals surface area contributed by atoms with E-state index in [-0.39, 0.29) is 24.5 Å². The molecule has 2 heterocycles. The van der Waals surface area contributed by atoms with E-state index in [9.17, 15) is 4.79 Å². The number of rotatable bonds is 6. The number of nitrogens with zero attached hydrogens (tertiary/aromatic N) is 1. The van der Waals surface area contributed by atoms with Gasteiger partial charge in [0.05, 0.1) is 23.6 Å². The smallest absolute Gasteiger partial charge is 0.227 e. The molecule has 3 rings (SSSR count). The predicted molar refractivity (Wildman–Crippen MR) is 87.1 cm³/mol. The second-order valence-electron chi connectivity index (χ2n) is 5.70. The van der Waals surface area contributed by atoms with Gasteiger partial charge in [-0.15, -0.1) is 0 Å². The summed E-state index contributed by atoms with van der Waals surface area (Å²) in [4.78, 5) is 19.8. The highest BCUT2D eigenvalue weighted by Crippen LogP contribution is 2.28. The van der Waals surface area contributed by atoms with E-state index in [2.05, 4.69) is 15.3 Å². The zero-order valence-corrected chi connectivity index (χ0v) is 13.2. The summed E-state index contributed by atoms with van der Waals surface area (Å²) in [5.41, 5.74) is 8.00. The molecule has 7 nitrogen and oxygen atoms in total. The number of carbonyl (C=O) groups excluding carboxylic acids is 1. The van der Waals surface area contributed by atoms with E-state index in [1.54, 1.807) is 7.11 Å². The second-order valence-corrected chi connectivity index (χ2v) is 5.70. The molecule has 2 aromatic rings. The molecule has 124 valence electrons. The van der Waals surface area contributed by atoms with Crippen LogP contribution in [0.2, 0.25) is 0 Å². The summed E-state index contributed by atoms with van der Waals surface area (Å²) in [6.45, 7) is 1.10. The van der Waals surface area contributed by atoms with E-state index in [1.807, 2.05) is 18.2 Å². The second kappa shape index (κ2) is 7.08. The lowest BCUT2D eigenvalue weighted by Crippen LogP contribution is -2.28. The summed E-state index contributed by atoms with van der Waals surface area (Å²) in [6.07, 6.45) is 2.06. The summed E-state index contributed by atoms with van der Waals surface area (Å²) in [6, 6.07) is 5.60. The zero-order chi connectivity index (χ0) is 16.2. The van der Waals surface area contributed by atoms with Crippen molar-refractivity contribution in [3.8, 4) is 0 Å². The van der Waals surface area contributed by atoms with Gasteiger partial charge in [0.2, 0.25) is 5.91 Å². The predicted octanol–water partition coefficient (Wildman–Crippen LogP) is 1.72. The number of imidazole rings is 1. The van der Waals surface area contributed by atoms with Crippen LogP contribution in [0.4, 0.5) is 5.69 Å². The maximum atomic E-state index is 12.0. The number of nitrogens with one attached hydrogen (secondary N) is 2. The van der Waals surface area contributed by atoms with Crippen LogP contribution in [0.15, 0.2) is 18.2 Å². The highest BCUT2D eigenvalue weighted by atomic mass is 16.5. The average molecular weight is 318 g/mol. The highest BCUT2D eigenvalue weighted by molar-refractivity contribution is 5.93. The van der Waals surface area contributed by atoms with Gasteiger partial charge in [-0.2, -0.15) is 0 Å². The van der Waals surface area contributed by atoms with Crippen molar-refractivity contribution in [1.29, 1.82) is 0 Å². The zero-order valence-electron chi connectivity index (χ0n) is 13.2. The number of hydrogen-bond acceptors (Lipinski definition) is 5. The number of H-pyrrole nitrogens is 1. The van der Waals surface area contributed by atoms with E-state index in [1.165, 1.54) is 0 Å². The molecule has 0 bridgehead atoms. The fourth-order valence-corrected chi connectivity index (χ4v) is 2.73. The number of methoxy groups -OCH3 is 1. The molecule has 0 spiro atoms. The van der Waals surface area contributed by atoms with Gasteiger partial charge >= 0.3 is 0 Å². The minimum Gasteiger partial charge on any atom is -0.380 e. The van der Waals surface area contributed by atoms with Crippen LogP contribution in [-0.2, 0) is 14.3 Å².